The van der Waals surface area contributed by atoms with Gasteiger partial charge < -0.3 is 29.2 Å². The summed E-state index contributed by atoms with van der Waals surface area (Å²) in [7, 11) is 0. The lowest BCUT2D eigenvalue weighted by Crippen LogP contribution is -2.35. The summed E-state index contributed by atoms with van der Waals surface area (Å²) in [5.74, 6) is -0.454. The number of rotatable bonds is 14. The van der Waals surface area contributed by atoms with E-state index in [2.05, 4.69) is 0 Å². The van der Waals surface area contributed by atoms with Crippen molar-refractivity contribution in [3.63, 3.8) is 0 Å². The van der Waals surface area contributed by atoms with Crippen molar-refractivity contribution >= 4 is 11.9 Å². The van der Waals surface area contributed by atoms with Crippen molar-refractivity contribution in [3.05, 3.63) is 60.7 Å². The molecule has 3 unspecified atom stereocenters. The molecule has 0 aliphatic heterocycles. The summed E-state index contributed by atoms with van der Waals surface area (Å²) in [4.78, 5) is 24.8. The Morgan fingerprint density at radius 3 is 1.68 bits per heavy atom. The van der Waals surface area contributed by atoms with Gasteiger partial charge in [0.25, 0.3) is 0 Å². The highest BCUT2D eigenvalue weighted by molar-refractivity contribution is 5.78. The monoisotopic (exact) mass is 474 g/mol. The fourth-order valence-electron chi connectivity index (χ4n) is 3.13. The molecule has 2 rings (SSSR count). The molecule has 0 heterocycles. The van der Waals surface area contributed by atoms with Crippen LogP contribution in [-0.2, 0) is 19.1 Å². The number of carbonyl (C=O) groups is 2. The first-order valence-electron chi connectivity index (χ1n) is 11.2. The Kier molecular flexibility index (Phi) is 10.8. The normalized spacial score (nSPS) is 13.9. The number of aliphatic hydroxyl groups excluding tert-OH is 2. The van der Waals surface area contributed by atoms with Gasteiger partial charge in [-0.1, -0.05) is 43.3 Å². The first-order valence-corrected chi connectivity index (χ1v) is 11.2. The molecular weight excluding hydrogens is 440 g/mol. The number of aliphatic hydroxyl groups is 2. The standard InChI is InChI=1S/C26H34O8/c1-19(24(29)33-17-20(27)15-31-22-10-6-4-7-11-22)14-26(2,3)25(30)34-18-21(28)16-32-23-12-8-5-9-13-23/h4-13,19-21,27-28H,14-18H2,1-3H3. The molecule has 0 spiro atoms. The van der Waals surface area contributed by atoms with Gasteiger partial charge in [0.15, 0.2) is 0 Å². The van der Waals surface area contributed by atoms with Crippen LogP contribution >= 0.6 is 0 Å². The minimum atomic E-state index is -0.984. The largest absolute Gasteiger partial charge is 0.491 e. The lowest BCUT2D eigenvalue weighted by atomic mass is 9.83. The molecule has 2 N–H and O–H groups in total. The summed E-state index contributed by atoms with van der Waals surface area (Å²) in [5, 5.41) is 20.0. The molecule has 8 nitrogen and oxygen atoms in total. The number of carbonyl (C=O) groups excluding carboxylic acids is 2. The van der Waals surface area contributed by atoms with Crippen LogP contribution in [0.2, 0.25) is 0 Å². The predicted molar refractivity (Wildman–Crippen MR) is 125 cm³/mol. The van der Waals surface area contributed by atoms with E-state index in [1.807, 2.05) is 36.4 Å². The zero-order valence-corrected chi connectivity index (χ0v) is 19.9. The number of esters is 2. The highest BCUT2D eigenvalue weighted by atomic mass is 16.6. The molecule has 0 aliphatic carbocycles. The first-order chi connectivity index (χ1) is 16.2. The third-order valence-electron chi connectivity index (χ3n) is 4.97. The Labute approximate surface area is 200 Å². The Balaban J connectivity index is 1.68. The summed E-state index contributed by atoms with van der Waals surface area (Å²) in [5.41, 5.74) is -0.979. The number of benzene rings is 2. The predicted octanol–water partition coefficient (Wildman–Crippen LogP) is 3.01. The van der Waals surface area contributed by atoms with E-state index in [4.69, 9.17) is 18.9 Å². The second-order valence-electron chi connectivity index (χ2n) is 8.77. The molecule has 34 heavy (non-hydrogen) atoms. The first kappa shape index (κ1) is 27.1. The van der Waals surface area contributed by atoms with Crippen LogP contribution in [0.15, 0.2) is 60.7 Å². The molecule has 8 heteroatoms. The van der Waals surface area contributed by atoms with Crippen molar-refractivity contribution in [1.82, 2.24) is 0 Å². The SMILES string of the molecule is CC(CC(C)(C)C(=O)OCC(O)COc1ccccc1)C(=O)OCC(O)COc1ccccc1. The van der Waals surface area contributed by atoms with Crippen molar-refractivity contribution in [3.8, 4) is 11.5 Å². The minimum Gasteiger partial charge on any atom is -0.491 e. The van der Waals surface area contributed by atoms with Crippen molar-refractivity contribution in [1.29, 1.82) is 0 Å². The number of hydrogen-bond acceptors (Lipinski definition) is 8. The number of hydrogen-bond donors (Lipinski definition) is 2. The van der Waals surface area contributed by atoms with Crippen molar-refractivity contribution < 1.29 is 38.7 Å². The topological polar surface area (TPSA) is 112 Å². The van der Waals surface area contributed by atoms with E-state index < -0.39 is 35.5 Å². The molecule has 2 aromatic rings. The van der Waals surface area contributed by atoms with E-state index in [1.165, 1.54) is 0 Å². The highest BCUT2D eigenvalue weighted by Gasteiger charge is 2.34. The van der Waals surface area contributed by atoms with Gasteiger partial charge in [0.1, 0.15) is 50.1 Å². The third-order valence-corrected chi connectivity index (χ3v) is 4.97. The van der Waals surface area contributed by atoms with Crippen LogP contribution < -0.4 is 9.47 Å². The fraction of sp³-hybridized carbons (Fsp3) is 0.462. The molecule has 0 saturated carbocycles. The molecule has 186 valence electrons. The molecular formula is C26H34O8. The van der Waals surface area contributed by atoms with Crippen LogP contribution in [-0.4, -0.2) is 60.8 Å². The smallest absolute Gasteiger partial charge is 0.311 e. The molecule has 0 fully saturated rings. The van der Waals surface area contributed by atoms with E-state index in [-0.39, 0.29) is 32.8 Å². The maximum absolute atomic E-state index is 12.5. The summed E-state index contributed by atoms with van der Waals surface area (Å²) in [6, 6.07) is 18.0. The summed E-state index contributed by atoms with van der Waals surface area (Å²) in [6.07, 6.45) is -1.78. The molecule has 0 radical (unpaired) electrons. The number of ether oxygens (including phenoxy) is 4. The second kappa shape index (κ2) is 13.6. The van der Waals surface area contributed by atoms with Crippen molar-refractivity contribution in [2.45, 2.75) is 39.4 Å². The van der Waals surface area contributed by atoms with Crippen LogP contribution in [0.4, 0.5) is 0 Å². The zero-order chi connectivity index (χ0) is 25.0. The van der Waals surface area contributed by atoms with E-state index in [0.717, 1.165) is 0 Å². The quantitative estimate of drug-likeness (QED) is 0.402. The van der Waals surface area contributed by atoms with Gasteiger partial charge in [-0.05, 0) is 44.5 Å². The van der Waals surface area contributed by atoms with Gasteiger partial charge in [0.2, 0.25) is 0 Å². The van der Waals surface area contributed by atoms with Crippen molar-refractivity contribution in [2.75, 3.05) is 26.4 Å². The Morgan fingerprint density at radius 2 is 1.21 bits per heavy atom. The zero-order valence-electron chi connectivity index (χ0n) is 19.9. The van der Waals surface area contributed by atoms with E-state index in [9.17, 15) is 19.8 Å². The molecule has 0 bridgehead atoms. The van der Waals surface area contributed by atoms with Crippen LogP contribution in [0.5, 0.6) is 11.5 Å². The van der Waals surface area contributed by atoms with E-state index in [0.29, 0.717) is 11.5 Å². The number of para-hydroxylation sites is 2. The average molecular weight is 475 g/mol. The van der Waals surface area contributed by atoms with Gasteiger partial charge in [0, 0.05) is 0 Å². The summed E-state index contributed by atoms with van der Waals surface area (Å²) in [6.45, 7) is 4.50. The molecule has 0 saturated heterocycles. The highest BCUT2D eigenvalue weighted by Crippen LogP contribution is 2.28. The van der Waals surface area contributed by atoms with Crippen LogP contribution in [0.25, 0.3) is 0 Å². The Morgan fingerprint density at radius 1 is 0.765 bits per heavy atom. The molecule has 2 aromatic carbocycles. The molecule has 0 aromatic heterocycles. The van der Waals surface area contributed by atoms with E-state index in [1.54, 1.807) is 45.0 Å². The lowest BCUT2D eigenvalue weighted by molar-refractivity contribution is -0.161. The van der Waals surface area contributed by atoms with Gasteiger partial charge >= 0.3 is 11.9 Å². The second-order valence-corrected chi connectivity index (χ2v) is 8.77. The van der Waals surface area contributed by atoms with Crippen molar-refractivity contribution in [2.24, 2.45) is 11.3 Å². The van der Waals surface area contributed by atoms with Gasteiger partial charge in [-0.15, -0.1) is 0 Å². The van der Waals surface area contributed by atoms with Crippen LogP contribution in [0.3, 0.4) is 0 Å². The average Bonchev–Trinajstić information content (AvgIpc) is 2.84. The van der Waals surface area contributed by atoms with Gasteiger partial charge in [0.05, 0.1) is 11.3 Å². The van der Waals surface area contributed by atoms with Gasteiger partial charge in [-0.2, -0.15) is 0 Å². The van der Waals surface area contributed by atoms with Gasteiger partial charge in [-0.25, -0.2) is 0 Å². The lowest BCUT2D eigenvalue weighted by Gasteiger charge is -2.26. The van der Waals surface area contributed by atoms with Crippen LogP contribution in [0, 0.1) is 11.3 Å². The minimum absolute atomic E-state index is 0.0141. The van der Waals surface area contributed by atoms with E-state index >= 15 is 0 Å². The maximum Gasteiger partial charge on any atom is 0.311 e. The maximum atomic E-state index is 12.5. The Bertz CT molecular complexity index is 869. The molecule has 0 amide bonds. The molecule has 0 aliphatic rings. The summed E-state index contributed by atoms with van der Waals surface area (Å²) < 4.78 is 21.3. The third kappa shape index (κ3) is 9.80. The van der Waals surface area contributed by atoms with Crippen LogP contribution in [0.1, 0.15) is 27.2 Å². The summed E-state index contributed by atoms with van der Waals surface area (Å²) >= 11 is 0. The van der Waals surface area contributed by atoms with Gasteiger partial charge in [-0.3, -0.25) is 9.59 Å². The molecule has 3 atom stereocenters. The fourth-order valence-corrected chi connectivity index (χ4v) is 3.13. The Hall–Kier alpha value is -3.10.